The molecule has 4 bridgehead atoms. The highest BCUT2D eigenvalue weighted by atomic mass is 16.1. The van der Waals surface area contributed by atoms with Crippen molar-refractivity contribution in [2.75, 3.05) is 6.54 Å². The maximum atomic E-state index is 13.3. The van der Waals surface area contributed by atoms with Gasteiger partial charge in [-0.1, -0.05) is 60.7 Å². The fourth-order valence-electron chi connectivity index (χ4n) is 6.67. The van der Waals surface area contributed by atoms with Crippen molar-refractivity contribution >= 4 is 5.91 Å². The van der Waals surface area contributed by atoms with Crippen LogP contribution in [-0.2, 0) is 4.79 Å². The molecule has 140 valence electrons. The highest BCUT2D eigenvalue weighted by molar-refractivity contribution is 5.87. The van der Waals surface area contributed by atoms with E-state index in [2.05, 4.69) is 29.6 Å². The third-order valence-corrected chi connectivity index (χ3v) is 7.33. The number of carbonyl (C=O) groups excluding carboxylic acids is 1. The molecule has 1 amide bonds. The molecule has 0 atom stereocenters. The minimum absolute atomic E-state index is 0.156. The van der Waals surface area contributed by atoms with E-state index < -0.39 is 0 Å². The van der Waals surface area contributed by atoms with Crippen molar-refractivity contribution in [1.29, 1.82) is 0 Å². The summed E-state index contributed by atoms with van der Waals surface area (Å²) in [6.45, 7) is 0.867. The van der Waals surface area contributed by atoms with E-state index in [0.717, 1.165) is 35.4 Å². The van der Waals surface area contributed by atoms with Gasteiger partial charge in [0.05, 0.1) is 5.92 Å². The lowest BCUT2D eigenvalue weighted by Crippen LogP contribution is -2.51. The van der Waals surface area contributed by atoms with Crippen molar-refractivity contribution in [3.05, 3.63) is 71.8 Å². The van der Waals surface area contributed by atoms with Crippen LogP contribution >= 0.6 is 0 Å². The second kappa shape index (κ2) is 6.82. The van der Waals surface area contributed by atoms with Gasteiger partial charge in [-0.3, -0.25) is 4.79 Å². The second-order valence-electron chi connectivity index (χ2n) is 9.39. The van der Waals surface area contributed by atoms with Crippen LogP contribution in [0.15, 0.2) is 60.7 Å². The Morgan fingerprint density at radius 2 is 1.26 bits per heavy atom. The predicted molar refractivity (Wildman–Crippen MR) is 108 cm³/mol. The number of hydrogen-bond acceptors (Lipinski definition) is 1. The second-order valence-corrected chi connectivity index (χ2v) is 9.39. The molecule has 2 heteroatoms. The summed E-state index contributed by atoms with van der Waals surface area (Å²) >= 11 is 0. The molecule has 0 spiro atoms. The Balaban J connectivity index is 1.35. The fourth-order valence-corrected chi connectivity index (χ4v) is 6.67. The van der Waals surface area contributed by atoms with Crippen LogP contribution in [0.25, 0.3) is 0 Å². The monoisotopic (exact) mass is 359 g/mol. The number of hydrogen-bond donors (Lipinski definition) is 1. The van der Waals surface area contributed by atoms with Gasteiger partial charge in [0.2, 0.25) is 5.91 Å². The highest BCUT2D eigenvalue weighted by Gasteiger charge is 2.50. The van der Waals surface area contributed by atoms with E-state index in [1.807, 2.05) is 36.4 Å². The molecule has 0 saturated heterocycles. The predicted octanol–water partition coefficient (Wildman–Crippen LogP) is 5.15. The molecule has 2 aromatic carbocycles. The minimum atomic E-state index is -0.221. The highest BCUT2D eigenvalue weighted by Crippen LogP contribution is 2.59. The third kappa shape index (κ3) is 3.31. The van der Waals surface area contributed by atoms with Crippen molar-refractivity contribution in [1.82, 2.24) is 5.32 Å². The maximum absolute atomic E-state index is 13.3. The Hall–Kier alpha value is -2.09. The van der Waals surface area contributed by atoms with Crippen LogP contribution in [0.2, 0.25) is 0 Å². The summed E-state index contributed by atoms with van der Waals surface area (Å²) in [6.07, 6.45) is 8.35. The minimum Gasteiger partial charge on any atom is -0.355 e. The fraction of sp³-hybridized carbons (Fsp3) is 0.480. The van der Waals surface area contributed by atoms with Gasteiger partial charge < -0.3 is 5.32 Å². The molecule has 1 N–H and O–H groups in total. The SMILES string of the molecule is O=C(NCC12CC3CC(CC(C3)C1)C2)C(c1ccccc1)c1ccccc1. The Kier molecular flexibility index (Phi) is 4.30. The molecule has 4 fully saturated rings. The van der Waals surface area contributed by atoms with Gasteiger partial charge in [-0.2, -0.15) is 0 Å². The van der Waals surface area contributed by atoms with Gasteiger partial charge in [-0.05, 0) is 72.8 Å². The van der Waals surface area contributed by atoms with Crippen LogP contribution in [-0.4, -0.2) is 12.5 Å². The van der Waals surface area contributed by atoms with Crippen molar-refractivity contribution in [2.24, 2.45) is 23.2 Å². The largest absolute Gasteiger partial charge is 0.355 e. The molecule has 6 rings (SSSR count). The first kappa shape index (κ1) is 17.0. The molecule has 0 radical (unpaired) electrons. The molecular weight excluding hydrogens is 330 g/mol. The molecule has 0 heterocycles. The molecule has 4 saturated carbocycles. The zero-order chi connectivity index (χ0) is 18.3. The van der Waals surface area contributed by atoms with Crippen molar-refractivity contribution in [3.63, 3.8) is 0 Å². The van der Waals surface area contributed by atoms with E-state index >= 15 is 0 Å². The number of rotatable bonds is 5. The molecule has 0 aliphatic heterocycles. The van der Waals surface area contributed by atoms with Crippen molar-refractivity contribution < 1.29 is 4.79 Å². The summed E-state index contributed by atoms with van der Waals surface area (Å²) < 4.78 is 0. The van der Waals surface area contributed by atoms with Crippen LogP contribution in [0, 0.1) is 23.2 Å². The van der Waals surface area contributed by atoms with Crippen molar-refractivity contribution in [3.8, 4) is 0 Å². The molecule has 4 aliphatic carbocycles. The van der Waals surface area contributed by atoms with E-state index in [1.165, 1.54) is 38.5 Å². The first-order valence-corrected chi connectivity index (χ1v) is 10.6. The smallest absolute Gasteiger partial charge is 0.232 e. The topological polar surface area (TPSA) is 29.1 Å². The van der Waals surface area contributed by atoms with Gasteiger partial charge in [-0.15, -0.1) is 0 Å². The number of benzene rings is 2. The molecule has 0 aromatic heterocycles. The summed E-state index contributed by atoms with van der Waals surface area (Å²) in [5, 5.41) is 3.40. The first-order valence-electron chi connectivity index (χ1n) is 10.6. The summed E-state index contributed by atoms with van der Waals surface area (Å²) in [5.41, 5.74) is 2.53. The Morgan fingerprint density at radius 3 is 1.70 bits per heavy atom. The van der Waals surface area contributed by atoms with Gasteiger partial charge in [0.15, 0.2) is 0 Å². The Bertz CT molecular complexity index is 723. The van der Waals surface area contributed by atoms with Gasteiger partial charge in [0.25, 0.3) is 0 Å². The number of amides is 1. The van der Waals surface area contributed by atoms with Crippen molar-refractivity contribution in [2.45, 2.75) is 44.4 Å². The average Bonchev–Trinajstić information content (AvgIpc) is 2.67. The lowest BCUT2D eigenvalue weighted by Gasteiger charge is -2.57. The average molecular weight is 360 g/mol. The first-order chi connectivity index (χ1) is 13.2. The van der Waals surface area contributed by atoms with Crippen LogP contribution in [0.3, 0.4) is 0 Å². The third-order valence-electron chi connectivity index (χ3n) is 7.33. The van der Waals surface area contributed by atoms with Crippen LogP contribution in [0.5, 0.6) is 0 Å². The standard InChI is InChI=1S/C25H29NO/c27-24(23(21-7-3-1-4-8-21)22-9-5-2-6-10-22)26-17-25-14-18-11-19(15-25)13-20(12-18)16-25/h1-10,18-20,23H,11-17H2,(H,26,27). The Labute approximate surface area is 162 Å². The zero-order valence-electron chi connectivity index (χ0n) is 15.9. The molecule has 0 unspecified atom stereocenters. The van der Waals surface area contributed by atoms with E-state index in [1.54, 1.807) is 0 Å². The molecule has 2 nitrogen and oxygen atoms in total. The van der Waals surface area contributed by atoms with E-state index in [4.69, 9.17) is 0 Å². The molecule has 4 aliphatic rings. The molecule has 27 heavy (non-hydrogen) atoms. The van der Waals surface area contributed by atoms with Gasteiger partial charge in [-0.25, -0.2) is 0 Å². The maximum Gasteiger partial charge on any atom is 0.232 e. The van der Waals surface area contributed by atoms with Gasteiger partial charge in [0, 0.05) is 6.54 Å². The summed E-state index contributed by atoms with van der Waals surface area (Å²) in [5.74, 6) is 2.70. The van der Waals surface area contributed by atoms with Crippen LogP contribution in [0.1, 0.15) is 55.6 Å². The number of nitrogens with one attached hydrogen (secondary N) is 1. The summed E-state index contributed by atoms with van der Waals surface area (Å²) in [4.78, 5) is 13.3. The van der Waals surface area contributed by atoms with Crippen LogP contribution < -0.4 is 5.32 Å². The normalized spacial score (nSPS) is 31.2. The quantitative estimate of drug-likeness (QED) is 0.786. The Morgan fingerprint density at radius 1 is 0.815 bits per heavy atom. The van der Waals surface area contributed by atoms with E-state index in [9.17, 15) is 4.79 Å². The lowest BCUT2D eigenvalue weighted by atomic mass is 9.49. The van der Waals surface area contributed by atoms with Gasteiger partial charge in [0.1, 0.15) is 0 Å². The van der Waals surface area contributed by atoms with Gasteiger partial charge >= 0.3 is 0 Å². The molecular formula is C25H29NO. The van der Waals surface area contributed by atoms with Crippen LogP contribution in [0.4, 0.5) is 0 Å². The molecule has 2 aromatic rings. The summed E-state index contributed by atoms with van der Waals surface area (Å²) in [6, 6.07) is 20.4. The number of carbonyl (C=O) groups is 1. The van der Waals surface area contributed by atoms with E-state index in [0.29, 0.717) is 5.41 Å². The lowest BCUT2D eigenvalue weighted by molar-refractivity contribution is -0.123. The summed E-state index contributed by atoms with van der Waals surface area (Å²) in [7, 11) is 0. The zero-order valence-corrected chi connectivity index (χ0v) is 15.9. The van der Waals surface area contributed by atoms with E-state index in [-0.39, 0.29) is 11.8 Å².